The molecular formula is C14H27BrO6. The summed E-state index contributed by atoms with van der Waals surface area (Å²) in [5.41, 5.74) is 0. The number of aliphatic hydroxyl groups excluding tert-OH is 1. The monoisotopic (exact) mass is 370 g/mol. The second-order valence-electron chi connectivity index (χ2n) is 3.89. The van der Waals surface area contributed by atoms with Gasteiger partial charge in [0, 0.05) is 5.33 Å². The van der Waals surface area contributed by atoms with Gasteiger partial charge in [-0.25, -0.2) is 0 Å². The first-order chi connectivity index (χ1) is 10.4. The zero-order valence-corrected chi connectivity index (χ0v) is 14.1. The highest BCUT2D eigenvalue weighted by Gasteiger charge is 1.92. The molecule has 1 N–H and O–H groups in total. The van der Waals surface area contributed by atoms with Crippen LogP contribution in [0.3, 0.4) is 0 Å². The van der Waals surface area contributed by atoms with Crippen molar-refractivity contribution < 1.29 is 28.8 Å². The number of alkyl halides is 1. The van der Waals surface area contributed by atoms with Gasteiger partial charge in [0.1, 0.15) is 6.61 Å². The number of aliphatic hydroxyl groups is 1. The summed E-state index contributed by atoms with van der Waals surface area (Å²) in [5.74, 6) is 0. The van der Waals surface area contributed by atoms with Crippen molar-refractivity contribution in [2.45, 2.75) is 6.42 Å². The van der Waals surface area contributed by atoms with E-state index >= 15 is 0 Å². The third kappa shape index (κ3) is 19.8. The molecule has 0 aliphatic carbocycles. The minimum Gasteiger partial charge on any atom is -0.499 e. The van der Waals surface area contributed by atoms with Gasteiger partial charge in [0.05, 0.1) is 65.7 Å². The fraction of sp³-hybridized carbons (Fsp3) is 0.857. The molecule has 7 heteroatoms. The van der Waals surface area contributed by atoms with Gasteiger partial charge in [0.25, 0.3) is 0 Å². The van der Waals surface area contributed by atoms with E-state index in [0.717, 1.165) is 11.8 Å². The summed E-state index contributed by atoms with van der Waals surface area (Å²) < 4.78 is 26.2. The highest BCUT2D eigenvalue weighted by molar-refractivity contribution is 9.09. The van der Waals surface area contributed by atoms with Crippen molar-refractivity contribution >= 4 is 15.9 Å². The summed E-state index contributed by atoms with van der Waals surface area (Å²) in [6.45, 7) is 4.68. The Kier molecular flexibility index (Phi) is 19.7. The molecule has 6 nitrogen and oxygen atoms in total. The summed E-state index contributed by atoms with van der Waals surface area (Å²) in [6.07, 6.45) is 4.62. The van der Waals surface area contributed by atoms with Crippen LogP contribution >= 0.6 is 15.9 Å². The molecule has 0 amide bonds. The lowest BCUT2D eigenvalue weighted by Crippen LogP contribution is -2.13. The van der Waals surface area contributed by atoms with Crippen LogP contribution in [0.15, 0.2) is 12.3 Å². The molecular weight excluding hydrogens is 344 g/mol. The molecule has 0 bridgehead atoms. The normalized spacial score (nSPS) is 11.3. The second kappa shape index (κ2) is 19.8. The van der Waals surface area contributed by atoms with E-state index in [2.05, 4.69) is 15.9 Å². The molecule has 0 heterocycles. The third-order valence-electron chi connectivity index (χ3n) is 2.17. The van der Waals surface area contributed by atoms with Gasteiger partial charge in [0.2, 0.25) is 0 Å². The van der Waals surface area contributed by atoms with Crippen molar-refractivity contribution in [1.82, 2.24) is 0 Å². The standard InChI is InChI=1S/C14H27BrO6/c15-3-1-2-5-17-7-9-19-11-13-21-14-12-20-10-8-18-6-4-16/h2,5,16H,1,3-4,6-14H2. The fourth-order valence-electron chi connectivity index (χ4n) is 1.20. The van der Waals surface area contributed by atoms with E-state index in [0.29, 0.717) is 59.5 Å². The molecule has 0 aromatic rings. The average molecular weight is 371 g/mol. The fourth-order valence-corrected chi connectivity index (χ4v) is 1.46. The van der Waals surface area contributed by atoms with Crippen LogP contribution in [0.25, 0.3) is 0 Å². The Morgan fingerprint density at radius 2 is 1.19 bits per heavy atom. The number of ether oxygens (including phenoxy) is 5. The third-order valence-corrected chi connectivity index (χ3v) is 2.62. The Labute approximate surface area is 135 Å². The minimum absolute atomic E-state index is 0.0429. The zero-order valence-electron chi connectivity index (χ0n) is 12.5. The smallest absolute Gasteiger partial charge is 0.111 e. The molecule has 0 aromatic carbocycles. The number of hydrogen-bond acceptors (Lipinski definition) is 6. The first kappa shape index (κ1) is 20.8. The highest BCUT2D eigenvalue weighted by atomic mass is 79.9. The Bertz CT molecular complexity index is 216. The van der Waals surface area contributed by atoms with Crippen molar-refractivity contribution in [3.63, 3.8) is 0 Å². The predicted molar refractivity (Wildman–Crippen MR) is 83.9 cm³/mol. The molecule has 0 fully saturated rings. The van der Waals surface area contributed by atoms with Crippen LogP contribution in [0.2, 0.25) is 0 Å². The highest BCUT2D eigenvalue weighted by Crippen LogP contribution is 1.90. The number of hydrogen-bond donors (Lipinski definition) is 1. The van der Waals surface area contributed by atoms with Crippen LogP contribution in [-0.4, -0.2) is 76.5 Å². The van der Waals surface area contributed by atoms with E-state index in [4.69, 9.17) is 28.8 Å². The zero-order chi connectivity index (χ0) is 15.4. The van der Waals surface area contributed by atoms with E-state index in [-0.39, 0.29) is 6.61 Å². The van der Waals surface area contributed by atoms with Gasteiger partial charge in [-0.1, -0.05) is 15.9 Å². The van der Waals surface area contributed by atoms with Crippen molar-refractivity contribution in [2.24, 2.45) is 0 Å². The lowest BCUT2D eigenvalue weighted by molar-refractivity contribution is -0.00911. The minimum atomic E-state index is 0.0429. The molecule has 0 radical (unpaired) electrons. The molecule has 21 heavy (non-hydrogen) atoms. The van der Waals surface area contributed by atoms with Crippen molar-refractivity contribution in [3.05, 3.63) is 12.3 Å². The van der Waals surface area contributed by atoms with E-state index in [9.17, 15) is 0 Å². The van der Waals surface area contributed by atoms with Gasteiger partial charge in [-0.15, -0.1) is 0 Å². The molecule has 126 valence electrons. The van der Waals surface area contributed by atoms with Crippen LogP contribution in [0, 0.1) is 0 Å². The molecule has 0 aliphatic rings. The molecule has 0 saturated heterocycles. The van der Waals surface area contributed by atoms with E-state index < -0.39 is 0 Å². The first-order valence-electron chi connectivity index (χ1n) is 7.16. The van der Waals surface area contributed by atoms with E-state index in [1.165, 1.54) is 0 Å². The summed E-state index contributed by atoms with van der Waals surface area (Å²) in [5, 5.41) is 9.43. The average Bonchev–Trinajstić information content (AvgIpc) is 2.50. The predicted octanol–water partition coefficient (Wildman–Crippen LogP) is 1.36. The summed E-state index contributed by atoms with van der Waals surface area (Å²) in [7, 11) is 0. The van der Waals surface area contributed by atoms with Gasteiger partial charge >= 0.3 is 0 Å². The number of rotatable bonds is 17. The SMILES string of the molecule is OCCOCCOCCOCCOCCOC=CCCBr. The van der Waals surface area contributed by atoms with Crippen molar-refractivity contribution in [3.8, 4) is 0 Å². The Balaban J connectivity index is 2.96. The maximum absolute atomic E-state index is 8.48. The molecule has 0 rings (SSSR count). The number of allylic oxidation sites excluding steroid dienone is 1. The lowest BCUT2D eigenvalue weighted by Gasteiger charge is -2.07. The van der Waals surface area contributed by atoms with Crippen molar-refractivity contribution in [2.75, 3.05) is 71.4 Å². The first-order valence-corrected chi connectivity index (χ1v) is 8.28. The molecule has 0 spiro atoms. The molecule has 0 unspecified atom stereocenters. The van der Waals surface area contributed by atoms with E-state index in [1.54, 1.807) is 6.26 Å². The van der Waals surface area contributed by atoms with Gasteiger partial charge in [0.15, 0.2) is 0 Å². The van der Waals surface area contributed by atoms with Gasteiger partial charge in [-0.05, 0) is 12.5 Å². The summed E-state index contributed by atoms with van der Waals surface area (Å²) >= 11 is 3.33. The van der Waals surface area contributed by atoms with Crippen LogP contribution < -0.4 is 0 Å². The van der Waals surface area contributed by atoms with Crippen molar-refractivity contribution in [1.29, 1.82) is 0 Å². The Morgan fingerprint density at radius 3 is 1.67 bits per heavy atom. The van der Waals surface area contributed by atoms with Gasteiger partial charge < -0.3 is 28.8 Å². The molecule has 0 aromatic heterocycles. The van der Waals surface area contributed by atoms with E-state index in [1.807, 2.05) is 6.08 Å². The molecule has 0 aliphatic heterocycles. The van der Waals surface area contributed by atoms with Gasteiger partial charge in [-0.3, -0.25) is 0 Å². The number of halogens is 1. The maximum atomic E-state index is 8.48. The summed E-state index contributed by atoms with van der Waals surface area (Å²) in [6, 6.07) is 0. The quantitative estimate of drug-likeness (QED) is 0.237. The maximum Gasteiger partial charge on any atom is 0.111 e. The lowest BCUT2D eigenvalue weighted by atomic mass is 10.5. The van der Waals surface area contributed by atoms with Crippen LogP contribution in [0.4, 0.5) is 0 Å². The summed E-state index contributed by atoms with van der Waals surface area (Å²) in [4.78, 5) is 0. The topological polar surface area (TPSA) is 66.4 Å². The Hall–Kier alpha value is -0.180. The molecule has 0 saturated carbocycles. The molecule has 0 atom stereocenters. The van der Waals surface area contributed by atoms with Crippen LogP contribution in [0.5, 0.6) is 0 Å². The van der Waals surface area contributed by atoms with Crippen LogP contribution in [0.1, 0.15) is 6.42 Å². The van der Waals surface area contributed by atoms with Gasteiger partial charge in [-0.2, -0.15) is 0 Å². The largest absolute Gasteiger partial charge is 0.499 e. The Morgan fingerprint density at radius 1 is 0.714 bits per heavy atom. The van der Waals surface area contributed by atoms with Crippen LogP contribution in [-0.2, 0) is 23.7 Å². The second-order valence-corrected chi connectivity index (χ2v) is 4.69.